The highest BCUT2D eigenvalue weighted by molar-refractivity contribution is 5.92. The number of benzene rings is 2. The Morgan fingerprint density at radius 1 is 1.05 bits per heavy atom. The van der Waals surface area contributed by atoms with Crippen LogP contribution in [0.5, 0.6) is 5.88 Å². The van der Waals surface area contributed by atoms with Crippen molar-refractivity contribution in [2.24, 2.45) is 0 Å². The maximum absolute atomic E-state index is 14.1. The van der Waals surface area contributed by atoms with E-state index in [2.05, 4.69) is 25.3 Å². The van der Waals surface area contributed by atoms with Gasteiger partial charge in [-0.05, 0) is 25.1 Å². The highest BCUT2D eigenvalue weighted by atomic mass is 16.5. The van der Waals surface area contributed by atoms with E-state index in [1.807, 2.05) is 43.3 Å². The fourth-order valence-corrected chi connectivity index (χ4v) is 3.99. The van der Waals surface area contributed by atoms with E-state index < -0.39 is 6.04 Å². The molecule has 182 valence electrons. The fraction of sp³-hybridized carbons (Fsp3) is 0.115. The van der Waals surface area contributed by atoms with E-state index in [0.717, 1.165) is 0 Å². The van der Waals surface area contributed by atoms with Crippen molar-refractivity contribution in [3.8, 4) is 29.0 Å². The lowest BCUT2D eigenvalue weighted by atomic mass is 10.1. The molecule has 0 radical (unpaired) electrons. The van der Waals surface area contributed by atoms with Gasteiger partial charge in [0.25, 0.3) is 5.56 Å². The predicted molar refractivity (Wildman–Crippen MR) is 138 cm³/mol. The molecule has 0 aliphatic carbocycles. The number of hydrogen-bond acceptors (Lipinski definition) is 10. The Morgan fingerprint density at radius 3 is 2.62 bits per heavy atom. The minimum atomic E-state index is -0.546. The van der Waals surface area contributed by atoms with Gasteiger partial charge in [-0.3, -0.25) is 9.36 Å². The summed E-state index contributed by atoms with van der Waals surface area (Å²) in [6.45, 7) is 1.82. The summed E-state index contributed by atoms with van der Waals surface area (Å²) in [6, 6.07) is 17.6. The summed E-state index contributed by atoms with van der Waals surface area (Å²) in [6.07, 6.45) is 2.92. The van der Waals surface area contributed by atoms with Crippen molar-refractivity contribution >= 4 is 22.7 Å². The molecule has 0 bridgehead atoms. The first kappa shape index (κ1) is 23.4. The molecule has 2 aromatic carbocycles. The third-order valence-corrected chi connectivity index (χ3v) is 5.69. The van der Waals surface area contributed by atoms with Crippen LogP contribution in [0, 0.1) is 11.3 Å². The number of nitrogen functional groups attached to an aromatic ring is 1. The quantitative estimate of drug-likeness (QED) is 0.361. The molecular weight excluding hydrogens is 470 g/mol. The fourth-order valence-electron chi connectivity index (χ4n) is 3.99. The Kier molecular flexibility index (Phi) is 6.13. The number of aromatic nitrogens is 6. The topological polar surface area (TPSA) is 158 Å². The van der Waals surface area contributed by atoms with Crippen molar-refractivity contribution in [2.45, 2.75) is 13.0 Å². The Labute approximate surface area is 211 Å². The van der Waals surface area contributed by atoms with Crippen LogP contribution in [0.4, 0.5) is 11.8 Å². The van der Waals surface area contributed by atoms with Crippen molar-refractivity contribution in [2.75, 3.05) is 18.2 Å². The van der Waals surface area contributed by atoms with E-state index in [4.69, 9.17) is 15.5 Å². The molecule has 37 heavy (non-hydrogen) atoms. The van der Waals surface area contributed by atoms with E-state index >= 15 is 0 Å². The summed E-state index contributed by atoms with van der Waals surface area (Å²) in [5.74, 6) is 1.40. The molecule has 3 heterocycles. The van der Waals surface area contributed by atoms with Crippen molar-refractivity contribution in [1.82, 2.24) is 29.5 Å². The molecule has 0 fully saturated rings. The van der Waals surface area contributed by atoms with Crippen molar-refractivity contribution in [3.05, 3.63) is 88.7 Å². The number of para-hydroxylation sites is 1. The summed E-state index contributed by atoms with van der Waals surface area (Å²) in [5.41, 5.74) is 7.27. The lowest BCUT2D eigenvalue weighted by Crippen LogP contribution is -2.28. The number of fused-ring (bicyclic) bond motifs is 1. The summed E-state index contributed by atoms with van der Waals surface area (Å²) < 4.78 is 6.77. The molecule has 5 rings (SSSR count). The molecule has 0 amide bonds. The van der Waals surface area contributed by atoms with Gasteiger partial charge in [0, 0.05) is 17.8 Å². The molecule has 0 aliphatic rings. The average Bonchev–Trinajstić information content (AvgIpc) is 2.93. The monoisotopic (exact) mass is 491 g/mol. The summed E-state index contributed by atoms with van der Waals surface area (Å²) in [4.78, 5) is 35.8. The summed E-state index contributed by atoms with van der Waals surface area (Å²) in [5, 5.41) is 13.0. The van der Waals surface area contributed by atoms with E-state index in [1.165, 1.54) is 17.9 Å². The van der Waals surface area contributed by atoms with Gasteiger partial charge in [0.1, 0.15) is 23.3 Å². The Bertz CT molecular complexity index is 1710. The molecule has 1 atom stereocenters. The first-order valence-electron chi connectivity index (χ1n) is 11.3. The lowest BCUT2D eigenvalue weighted by molar-refractivity contribution is 0.397. The number of nitriles is 1. The van der Waals surface area contributed by atoms with Crippen LogP contribution in [0.2, 0.25) is 0 Å². The Balaban J connectivity index is 1.74. The number of nitrogens with zero attached hydrogens (tertiary/aromatic N) is 7. The molecule has 11 nitrogen and oxygen atoms in total. The van der Waals surface area contributed by atoms with Crippen LogP contribution in [-0.2, 0) is 0 Å². The van der Waals surface area contributed by atoms with Crippen LogP contribution >= 0.6 is 0 Å². The van der Waals surface area contributed by atoms with Crippen LogP contribution in [0.3, 0.4) is 0 Å². The van der Waals surface area contributed by atoms with Crippen LogP contribution in [-0.4, -0.2) is 36.6 Å². The standard InChI is InChI=1S/C26H21N9O2/c1-15(31-22-16(13-27)14-30-26(28)34-22)24-32-19-10-6-9-18(23-29-12-11-20(33-23)37-2)21(19)25(36)35(24)17-7-4-3-5-8-17/h3-12,14-15H,1-2H3,(H3,28,30,31,34). The number of nitrogens with two attached hydrogens (primary N) is 1. The van der Waals surface area contributed by atoms with Gasteiger partial charge in [-0.25, -0.2) is 15.0 Å². The van der Waals surface area contributed by atoms with Gasteiger partial charge < -0.3 is 15.8 Å². The number of nitrogens with one attached hydrogen (secondary N) is 1. The first-order chi connectivity index (χ1) is 18.0. The van der Waals surface area contributed by atoms with E-state index in [-0.39, 0.29) is 22.9 Å². The zero-order chi connectivity index (χ0) is 25.9. The SMILES string of the molecule is COc1ccnc(-c2cccc3nc(C(C)Nc4nc(N)ncc4C#N)n(-c4ccccc4)c(=O)c23)n1. The highest BCUT2D eigenvalue weighted by Crippen LogP contribution is 2.27. The highest BCUT2D eigenvalue weighted by Gasteiger charge is 2.22. The normalized spacial score (nSPS) is 11.6. The van der Waals surface area contributed by atoms with Gasteiger partial charge in [0.05, 0.1) is 35.9 Å². The predicted octanol–water partition coefficient (Wildman–Crippen LogP) is 3.27. The minimum Gasteiger partial charge on any atom is -0.481 e. The largest absolute Gasteiger partial charge is 0.481 e. The van der Waals surface area contributed by atoms with Gasteiger partial charge in [0.2, 0.25) is 11.8 Å². The second-order valence-electron chi connectivity index (χ2n) is 8.04. The molecular formula is C26H21N9O2. The van der Waals surface area contributed by atoms with Gasteiger partial charge >= 0.3 is 0 Å². The average molecular weight is 492 g/mol. The third-order valence-electron chi connectivity index (χ3n) is 5.69. The van der Waals surface area contributed by atoms with Crippen LogP contribution < -0.4 is 21.3 Å². The van der Waals surface area contributed by atoms with Crippen LogP contribution in [0.25, 0.3) is 28.0 Å². The lowest BCUT2D eigenvalue weighted by Gasteiger charge is -2.21. The van der Waals surface area contributed by atoms with Gasteiger partial charge in [-0.15, -0.1) is 0 Å². The summed E-state index contributed by atoms with van der Waals surface area (Å²) >= 11 is 0. The van der Waals surface area contributed by atoms with E-state index in [1.54, 1.807) is 30.5 Å². The molecule has 0 aliphatic heterocycles. The number of methoxy groups -OCH3 is 1. The maximum Gasteiger partial charge on any atom is 0.266 e. The van der Waals surface area contributed by atoms with E-state index in [0.29, 0.717) is 39.7 Å². The smallest absolute Gasteiger partial charge is 0.266 e. The summed E-state index contributed by atoms with van der Waals surface area (Å²) in [7, 11) is 1.52. The van der Waals surface area contributed by atoms with Crippen molar-refractivity contribution in [3.63, 3.8) is 0 Å². The van der Waals surface area contributed by atoms with Gasteiger partial charge in [-0.2, -0.15) is 15.2 Å². The molecule has 5 aromatic rings. The molecule has 0 saturated carbocycles. The molecule has 3 aromatic heterocycles. The number of hydrogen-bond donors (Lipinski definition) is 2. The molecule has 0 saturated heterocycles. The minimum absolute atomic E-state index is 0.0172. The Morgan fingerprint density at radius 2 is 1.86 bits per heavy atom. The number of anilines is 2. The number of ether oxygens (including phenoxy) is 1. The number of rotatable bonds is 6. The second-order valence-corrected chi connectivity index (χ2v) is 8.04. The molecule has 1 unspecified atom stereocenters. The zero-order valence-electron chi connectivity index (χ0n) is 20.0. The van der Waals surface area contributed by atoms with Crippen LogP contribution in [0.1, 0.15) is 24.4 Å². The van der Waals surface area contributed by atoms with Gasteiger partial charge in [-0.1, -0.05) is 30.3 Å². The zero-order valence-corrected chi connectivity index (χ0v) is 20.0. The van der Waals surface area contributed by atoms with E-state index in [9.17, 15) is 10.1 Å². The van der Waals surface area contributed by atoms with Crippen molar-refractivity contribution < 1.29 is 4.74 Å². The van der Waals surface area contributed by atoms with Crippen LogP contribution in [0.15, 0.2) is 71.8 Å². The second kappa shape index (κ2) is 9.71. The third kappa shape index (κ3) is 4.39. The molecule has 3 N–H and O–H groups in total. The molecule has 11 heteroatoms. The first-order valence-corrected chi connectivity index (χ1v) is 11.3. The van der Waals surface area contributed by atoms with Gasteiger partial charge in [0.15, 0.2) is 5.82 Å². The maximum atomic E-state index is 14.1. The Hall–Kier alpha value is -5.37. The molecule has 0 spiro atoms. The van der Waals surface area contributed by atoms with Crippen molar-refractivity contribution in [1.29, 1.82) is 5.26 Å².